The molecule has 0 aliphatic carbocycles. The van der Waals surface area contributed by atoms with E-state index in [0.717, 1.165) is 37.4 Å². The molecule has 0 unspecified atom stereocenters. The highest BCUT2D eigenvalue weighted by Crippen LogP contribution is 2.36. The van der Waals surface area contributed by atoms with Gasteiger partial charge in [-0.1, -0.05) is 12.1 Å². The Morgan fingerprint density at radius 1 is 0.879 bits per heavy atom. The van der Waals surface area contributed by atoms with Crippen molar-refractivity contribution in [3.05, 3.63) is 47.5 Å². The number of nitrogens with zero attached hydrogens (tertiary/aromatic N) is 1. The summed E-state index contributed by atoms with van der Waals surface area (Å²) in [5.74, 6) is 2.35. The van der Waals surface area contributed by atoms with Crippen LogP contribution in [-0.2, 0) is 16.6 Å². The number of carbonyl (C=O) groups is 1. The van der Waals surface area contributed by atoms with Crippen molar-refractivity contribution in [2.75, 3.05) is 41.5 Å². The Hall–Kier alpha value is -3.24. The second-order valence-electron chi connectivity index (χ2n) is 7.79. The molecule has 33 heavy (non-hydrogen) atoms. The maximum Gasteiger partial charge on any atom is 0.161 e. The smallest absolute Gasteiger partial charge is 0.161 e. The van der Waals surface area contributed by atoms with Crippen molar-refractivity contribution in [3.63, 3.8) is 0 Å². The molecule has 178 valence electrons. The van der Waals surface area contributed by atoms with E-state index >= 15 is 0 Å². The Morgan fingerprint density at radius 2 is 1.45 bits per heavy atom. The van der Waals surface area contributed by atoms with E-state index in [1.54, 1.807) is 39.5 Å². The Kier molecular flexibility index (Phi) is 10.0. The van der Waals surface area contributed by atoms with Crippen molar-refractivity contribution >= 4 is 5.78 Å². The topological polar surface area (TPSA) is 89.8 Å². The number of nitrogens with one attached hydrogen (secondary N) is 1. The number of nitriles is 1. The van der Waals surface area contributed by atoms with Crippen molar-refractivity contribution < 1.29 is 23.7 Å². The molecule has 2 rings (SSSR count). The first-order valence-corrected chi connectivity index (χ1v) is 11.0. The zero-order chi connectivity index (χ0) is 24.3. The number of Topliss-reactive ketones (excluding diaryl/α,β-unsaturated/α-hetero) is 1. The van der Waals surface area contributed by atoms with Gasteiger partial charge in [-0.25, -0.2) is 0 Å². The van der Waals surface area contributed by atoms with Crippen LogP contribution >= 0.6 is 0 Å². The number of methoxy groups -OCH3 is 4. The Bertz CT molecular complexity index is 970. The minimum Gasteiger partial charge on any atom is -0.493 e. The SMILES string of the molecule is COc1ccc(CCCNCCC[C@](C#N)(C(C)=O)c2ccc(OC)c(OC)c2)cc1OC. The highest BCUT2D eigenvalue weighted by molar-refractivity contribution is 5.91. The van der Waals surface area contributed by atoms with Crippen LogP contribution in [-0.4, -0.2) is 47.3 Å². The fraction of sp³-hybridized carbons (Fsp3) is 0.462. The first-order valence-electron chi connectivity index (χ1n) is 11.0. The summed E-state index contributed by atoms with van der Waals surface area (Å²) >= 11 is 0. The maximum atomic E-state index is 12.5. The highest BCUT2D eigenvalue weighted by atomic mass is 16.5. The first kappa shape index (κ1) is 26.0. The normalized spacial score (nSPS) is 12.4. The monoisotopic (exact) mass is 454 g/mol. The summed E-state index contributed by atoms with van der Waals surface area (Å²) < 4.78 is 21.3. The van der Waals surface area contributed by atoms with Crippen LogP contribution in [0, 0.1) is 11.3 Å². The molecule has 0 spiro atoms. The van der Waals surface area contributed by atoms with Crippen molar-refractivity contribution in [2.24, 2.45) is 0 Å². The Morgan fingerprint density at radius 3 is 2.03 bits per heavy atom. The second-order valence-corrected chi connectivity index (χ2v) is 7.79. The van der Waals surface area contributed by atoms with Crippen LogP contribution in [0.4, 0.5) is 0 Å². The van der Waals surface area contributed by atoms with Crippen LogP contribution in [0.15, 0.2) is 36.4 Å². The maximum absolute atomic E-state index is 12.5. The van der Waals surface area contributed by atoms with E-state index in [2.05, 4.69) is 11.4 Å². The molecule has 0 saturated heterocycles. The van der Waals surface area contributed by atoms with Crippen molar-refractivity contribution in [3.8, 4) is 29.1 Å². The predicted octanol–water partition coefficient (Wildman–Crippen LogP) is 4.07. The third-order valence-electron chi connectivity index (χ3n) is 5.84. The molecule has 0 amide bonds. The summed E-state index contributed by atoms with van der Waals surface area (Å²) in [5, 5.41) is 13.4. The number of hydrogen-bond donors (Lipinski definition) is 1. The molecule has 1 N–H and O–H groups in total. The average molecular weight is 455 g/mol. The molecule has 7 nitrogen and oxygen atoms in total. The van der Waals surface area contributed by atoms with Crippen LogP contribution in [0.2, 0.25) is 0 Å². The summed E-state index contributed by atoms with van der Waals surface area (Å²) in [4.78, 5) is 12.5. The van der Waals surface area contributed by atoms with E-state index < -0.39 is 5.41 Å². The third-order valence-corrected chi connectivity index (χ3v) is 5.84. The molecule has 0 radical (unpaired) electrons. The number of hydrogen-bond acceptors (Lipinski definition) is 7. The summed E-state index contributed by atoms with van der Waals surface area (Å²) in [6.07, 6.45) is 2.99. The van der Waals surface area contributed by atoms with Gasteiger partial charge in [0.1, 0.15) is 5.41 Å². The molecule has 0 aromatic heterocycles. The summed E-state index contributed by atoms with van der Waals surface area (Å²) in [5.41, 5.74) is 0.604. The second kappa shape index (κ2) is 12.7. The molecule has 0 bridgehead atoms. The van der Waals surface area contributed by atoms with Gasteiger partial charge in [-0.15, -0.1) is 0 Å². The molecule has 0 fully saturated rings. The lowest BCUT2D eigenvalue weighted by molar-refractivity contribution is -0.120. The highest BCUT2D eigenvalue weighted by Gasteiger charge is 2.37. The van der Waals surface area contributed by atoms with E-state index in [1.165, 1.54) is 19.6 Å². The van der Waals surface area contributed by atoms with Gasteiger partial charge in [0, 0.05) is 0 Å². The van der Waals surface area contributed by atoms with E-state index in [-0.39, 0.29) is 5.78 Å². The van der Waals surface area contributed by atoms with Gasteiger partial charge in [0.2, 0.25) is 0 Å². The van der Waals surface area contributed by atoms with E-state index in [4.69, 9.17) is 18.9 Å². The fourth-order valence-corrected chi connectivity index (χ4v) is 3.88. The summed E-state index contributed by atoms with van der Waals surface area (Å²) in [6.45, 7) is 3.02. The van der Waals surface area contributed by atoms with Crippen LogP contribution in [0.3, 0.4) is 0 Å². The van der Waals surface area contributed by atoms with Crippen LogP contribution in [0.5, 0.6) is 23.0 Å². The zero-order valence-electron chi connectivity index (χ0n) is 20.2. The fourth-order valence-electron chi connectivity index (χ4n) is 3.88. The van der Waals surface area contributed by atoms with Crippen molar-refractivity contribution in [1.29, 1.82) is 5.26 Å². The molecule has 0 heterocycles. The lowest BCUT2D eigenvalue weighted by Gasteiger charge is -2.25. The lowest BCUT2D eigenvalue weighted by Crippen LogP contribution is -2.33. The first-order chi connectivity index (χ1) is 15.9. The molecule has 0 saturated carbocycles. The number of ketones is 1. The van der Waals surface area contributed by atoms with E-state index in [0.29, 0.717) is 29.9 Å². The largest absolute Gasteiger partial charge is 0.493 e. The molecule has 1 atom stereocenters. The number of benzene rings is 2. The third kappa shape index (κ3) is 6.39. The van der Waals surface area contributed by atoms with Gasteiger partial charge in [0.05, 0.1) is 34.5 Å². The zero-order valence-corrected chi connectivity index (χ0v) is 20.2. The van der Waals surface area contributed by atoms with Crippen molar-refractivity contribution in [2.45, 2.75) is 38.0 Å². The molecule has 2 aromatic rings. The minimum atomic E-state index is -1.21. The molecule has 7 heteroatoms. The van der Waals surface area contributed by atoms with Gasteiger partial charge >= 0.3 is 0 Å². The number of ether oxygens (including phenoxy) is 4. The molecule has 0 aliphatic rings. The molecular weight excluding hydrogens is 420 g/mol. The summed E-state index contributed by atoms with van der Waals surface area (Å²) in [7, 11) is 6.35. The number of carbonyl (C=O) groups excluding carboxylic acids is 1. The summed E-state index contributed by atoms with van der Waals surface area (Å²) in [6, 6.07) is 13.4. The van der Waals surface area contributed by atoms with Gasteiger partial charge in [-0.3, -0.25) is 4.79 Å². The lowest BCUT2D eigenvalue weighted by atomic mass is 9.75. The van der Waals surface area contributed by atoms with Gasteiger partial charge in [0.15, 0.2) is 28.8 Å². The van der Waals surface area contributed by atoms with Gasteiger partial charge in [-0.05, 0) is 81.1 Å². The Labute approximate surface area is 196 Å². The van der Waals surface area contributed by atoms with Gasteiger partial charge in [0.25, 0.3) is 0 Å². The van der Waals surface area contributed by atoms with Crippen LogP contribution < -0.4 is 24.3 Å². The molecular formula is C26H34N2O5. The van der Waals surface area contributed by atoms with E-state index in [1.807, 2.05) is 18.2 Å². The van der Waals surface area contributed by atoms with E-state index in [9.17, 15) is 10.1 Å². The number of aryl methyl sites for hydroxylation is 1. The number of rotatable bonds is 14. The quantitative estimate of drug-likeness (QED) is 0.430. The minimum absolute atomic E-state index is 0.175. The van der Waals surface area contributed by atoms with Gasteiger partial charge < -0.3 is 24.3 Å². The van der Waals surface area contributed by atoms with Gasteiger partial charge in [-0.2, -0.15) is 5.26 Å². The Balaban J connectivity index is 1.89. The van der Waals surface area contributed by atoms with Crippen molar-refractivity contribution in [1.82, 2.24) is 5.32 Å². The molecule has 2 aromatic carbocycles. The standard InChI is InChI=1S/C26H34N2O5/c1-19(29)26(18-27,21-10-12-23(31-3)25(17-21)33-5)13-7-15-28-14-6-8-20-9-11-22(30-2)24(16-20)32-4/h9-12,16-17,28H,6-8,13-15H2,1-5H3/t26-/m0/s1. The van der Waals surface area contributed by atoms with Crippen LogP contribution in [0.25, 0.3) is 0 Å². The predicted molar refractivity (Wildman–Crippen MR) is 127 cm³/mol. The van der Waals surface area contributed by atoms with Crippen LogP contribution in [0.1, 0.15) is 37.3 Å². The average Bonchev–Trinajstić information content (AvgIpc) is 2.85. The molecule has 0 aliphatic heterocycles.